The van der Waals surface area contributed by atoms with E-state index in [2.05, 4.69) is 45.1 Å². The topological polar surface area (TPSA) is 103 Å². The van der Waals surface area contributed by atoms with E-state index in [1.807, 2.05) is 18.5 Å². The summed E-state index contributed by atoms with van der Waals surface area (Å²) in [6.07, 6.45) is -6.33. The number of rotatable bonds is 5. The lowest BCUT2D eigenvalue weighted by Crippen LogP contribution is -2.28. The zero-order chi connectivity index (χ0) is 28.5. The van der Waals surface area contributed by atoms with E-state index >= 15 is 0 Å². The van der Waals surface area contributed by atoms with Gasteiger partial charge < -0.3 is 14.9 Å². The molecule has 0 spiro atoms. The Balaban J connectivity index is 0.000000301. The van der Waals surface area contributed by atoms with Crippen LogP contribution >= 0.6 is 0 Å². The van der Waals surface area contributed by atoms with Crippen molar-refractivity contribution in [2.75, 3.05) is 33.3 Å². The minimum atomic E-state index is -5.08. The van der Waals surface area contributed by atoms with Crippen LogP contribution in [0.5, 0.6) is 5.75 Å². The van der Waals surface area contributed by atoms with Crippen molar-refractivity contribution in [3.63, 3.8) is 0 Å². The molecule has 8 nitrogen and oxygen atoms in total. The van der Waals surface area contributed by atoms with Gasteiger partial charge in [0, 0.05) is 51.7 Å². The Morgan fingerprint density at radius 2 is 1.26 bits per heavy atom. The number of alkyl halides is 6. The van der Waals surface area contributed by atoms with Crippen molar-refractivity contribution in [3.05, 3.63) is 59.9 Å². The fourth-order valence-electron chi connectivity index (χ4n) is 4.18. The molecule has 4 rings (SSSR count). The van der Waals surface area contributed by atoms with Gasteiger partial charge in [-0.2, -0.15) is 26.3 Å². The smallest absolute Gasteiger partial charge is 0.490 e. The number of likely N-dealkylation sites (tertiary alicyclic amines) is 2. The molecule has 2 N–H and O–H groups in total. The van der Waals surface area contributed by atoms with Gasteiger partial charge in [-0.3, -0.25) is 14.8 Å². The quantitative estimate of drug-likeness (QED) is 0.540. The molecule has 210 valence electrons. The van der Waals surface area contributed by atoms with Gasteiger partial charge in [0.2, 0.25) is 0 Å². The number of ether oxygens (including phenoxy) is 1. The van der Waals surface area contributed by atoms with Crippen LogP contribution in [0.2, 0.25) is 0 Å². The molecule has 0 amide bonds. The number of fused-ring (bicyclic) bond motifs is 1. The molecule has 2 fully saturated rings. The van der Waals surface area contributed by atoms with Crippen LogP contribution in [-0.4, -0.2) is 82.6 Å². The van der Waals surface area contributed by atoms with Crippen molar-refractivity contribution >= 4 is 11.9 Å². The normalized spacial score (nSPS) is 19.4. The molecule has 38 heavy (non-hydrogen) atoms. The fourth-order valence-corrected chi connectivity index (χ4v) is 4.18. The van der Waals surface area contributed by atoms with Gasteiger partial charge in [0.15, 0.2) is 0 Å². The third kappa shape index (κ3) is 10.2. The third-order valence-electron chi connectivity index (χ3n) is 5.82. The standard InChI is InChI=1S/C20H25N3O.2C2HF3O2/c1-24-20-6-4-16(5-7-20)10-22-12-18-14-23(15-19(18)13-22)11-17-3-2-8-21-9-17;2*3-2(4,5)1(6)7/h2-9,18-19H,10-15H2,1H3;2*(H,6,7)/t18-,19+;;. The summed E-state index contributed by atoms with van der Waals surface area (Å²) in [5.74, 6) is -2.94. The van der Waals surface area contributed by atoms with Crippen LogP contribution in [0.4, 0.5) is 26.3 Å². The largest absolute Gasteiger partial charge is 0.497 e. The van der Waals surface area contributed by atoms with Crippen LogP contribution in [0.3, 0.4) is 0 Å². The molecule has 2 atom stereocenters. The van der Waals surface area contributed by atoms with Gasteiger partial charge in [0.25, 0.3) is 0 Å². The van der Waals surface area contributed by atoms with Crippen LogP contribution in [0.15, 0.2) is 48.8 Å². The molecule has 2 aromatic rings. The molecule has 3 heterocycles. The average molecular weight is 551 g/mol. The second-order valence-electron chi connectivity index (χ2n) is 8.72. The van der Waals surface area contributed by atoms with Crippen molar-refractivity contribution in [3.8, 4) is 5.75 Å². The molecule has 0 unspecified atom stereocenters. The van der Waals surface area contributed by atoms with E-state index in [1.165, 1.54) is 37.3 Å². The van der Waals surface area contributed by atoms with E-state index in [0.29, 0.717) is 0 Å². The molecule has 0 aliphatic carbocycles. The number of hydrogen-bond donors (Lipinski definition) is 2. The second-order valence-corrected chi connectivity index (χ2v) is 8.72. The number of nitrogens with zero attached hydrogens (tertiary/aromatic N) is 3. The first-order valence-electron chi connectivity index (χ1n) is 11.3. The summed E-state index contributed by atoms with van der Waals surface area (Å²) in [4.78, 5) is 27.2. The first-order valence-corrected chi connectivity index (χ1v) is 11.3. The lowest BCUT2D eigenvalue weighted by atomic mass is 10.0. The van der Waals surface area contributed by atoms with Crippen LogP contribution in [0.25, 0.3) is 0 Å². The summed E-state index contributed by atoms with van der Waals surface area (Å²) in [7, 11) is 1.72. The molecule has 2 saturated heterocycles. The Labute approximate surface area is 214 Å². The highest BCUT2D eigenvalue weighted by Crippen LogP contribution is 2.32. The van der Waals surface area contributed by atoms with E-state index in [4.69, 9.17) is 24.5 Å². The molecule has 0 saturated carbocycles. The number of benzene rings is 1. The van der Waals surface area contributed by atoms with Gasteiger partial charge in [-0.05, 0) is 41.2 Å². The Kier molecular flexibility index (Phi) is 10.9. The fraction of sp³-hybridized carbons (Fsp3) is 0.458. The SMILES string of the molecule is COc1ccc(CN2C[C@@H]3CN(Cc4cccnc4)C[C@@H]3C2)cc1.O=C(O)C(F)(F)F.O=C(O)C(F)(F)F. The average Bonchev–Trinajstić information content (AvgIpc) is 3.37. The van der Waals surface area contributed by atoms with Crippen molar-refractivity contribution in [1.82, 2.24) is 14.8 Å². The zero-order valence-corrected chi connectivity index (χ0v) is 20.2. The summed E-state index contributed by atoms with van der Waals surface area (Å²) >= 11 is 0. The summed E-state index contributed by atoms with van der Waals surface area (Å²) in [5, 5.41) is 14.2. The van der Waals surface area contributed by atoms with Gasteiger partial charge >= 0.3 is 24.3 Å². The number of aliphatic carboxylic acids is 2. The maximum atomic E-state index is 10.6. The lowest BCUT2D eigenvalue weighted by Gasteiger charge is -2.21. The number of aromatic nitrogens is 1. The molecule has 2 aliphatic heterocycles. The van der Waals surface area contributed by atoms with E-state index in [9.17, 15) is 26.3 Å². The van der Waals surface area contributed by atoms with Crippen molar-refractivity contribution in [2.45, 2.75) is 25.4 Å². The summed E-state index contributed by atoms with van der Waals surface area (Å²) < 4.78 is 68.7. The zero-order valence-electron chi connectivity index (χ0n) is 20.2. The number of hydrogen-bond acceptors (Lipinski definition) is 6. The highest BCUT2D eigenvalue weighted by atomic mass is 19.4. The molecular weight excluding hydrogens is 524 g/mol. The number of carboxylic acid groups (broad SMARTS) is 2. The van der Waals surface area contributed by atoms with E-state index in [1.54, 1.807) is 7.11 Å². The summed E-state index contributed by atoms with van der Waals surface area (Å²) in [6.45, 7) is 6.98. The molecular formula is C24H27F6N3O5. The summed E-state index contributed by atoms with van der Waals surface area (Å²) in [6, 6.07) is 12.7. The first kappa shape index (κ1) is 30.8. The number of carbonyl (C=O) groups is 2. The molecule has 1 aromatic heterocycles. The molecule has 14 heteroatoms. The molecule has 1 aromatic carbocycles. The lowest BCUT2D eigenvalue weighted by molar-refractivity contribution is -0.193. The van der Waals surface area contributed by atoms with Gasteiger partial charge in [0.05, 0.1) is 7.11 Å². The number of methoxy groups -OCH3 is 1. The van der Waals surface area contributed by atoms with Crippen LogP contribution in [0, 0.1) is 11.8 Å². The molecule has 0 bridgehead atoms. The van der Waals surface area contributed by atoms with Gasteiger partial charge in [-0.25, -0.2) is 9.59 Å². The van der Waals surface area contributed by atoms with E-state index in [-0.39, 0.29) is 0 Å². The van der Waals surface area contributed by atoms with Crippen LogP contribution in [0.1, 0.15) is 11.1 Å². The second kappa shape index (κ2) is 13.4. The van der Waals surface area contributed by atoms with E-state index < -0.39 is 24.3 Å². The minimum absolute atomic E-state index is 0.819. The molecule has 2 aliphatic rings. The van der Waals surface area contributed by atoms with Gasteiger partial charge in [-0.15, -0.1) is 0 Å². The monoisotopic (exact) mass is 551 g/mol. The highest BCUT2D eigenvalue weighted by molar-refractivity contribution is 5.73. The predicted molar refractivity (Wildman–Crippen MR) is 122 cm³/mol. The summed E-state index contributed by atoms with van der Waals surface area (Å²) in [5.41, 5.74) is 2.70. The van der Waals surface area contributed by atoms with Crippen molar-refractivity contribution in [2.24, 2.45) is 11.8 Å². The van der Waals surface area contributed by atoms with Crippen molar-refractivity contribution < 1.29 is 50.9 Å². The van der Waals surface area contributed by atoms with Crippen LogP contribution in [-0.2, 0) is 22.7 Å². The Morgan fingerprint density at radius 1 is 0.842 bits per heavy atom. The van der Waals surface area contributed by atoms with Gasteiger partial charge in [-0.1, -0.05) is 18.2 Å². The maximum absolute atomic E-state index is 10.6. The minimum Gasteiger partial charge on any atom is -0.497 e. The maximum Gasteiger partial charge on any atom is 0.490 e. The van der Waals surface area contributed by atoms with Crippen molar-refractivity contribution in [1.29, 1.82) is 0 Å². The van der Waals surface area contributed by atoms with Crippen LogP contribution < -0.4 is 4.74 Å². The number of carboxylic acids is 2. The molecule has 0 radical (unpaired) electrons. The number of pyridine rings is 1. The Morgan fingerprint density at radius 3 is 1.61 bits per heavy atom. The Bertz CT molecular complexity index is 997. The van der Waals surface area contributed by atoms with E-state index in [0.717, 1.165) is 30.7 Å². The Hall–Kier alpha value is -3.39. The highest BCUT2D eigenvalue weighted by Gasteiger charge is 2.40. The number of halogens is 6. The predicted octanol–water partition coefficient (Wildman–Crippen LogP) is 3.92. The third-order valence-corrected chi connectivity index (χ3v) is 5.82. The first-order chi connectivity index (χ1) is 17.7. The van der Waals surface area contributed by atoms with Gasteiger partial charge in [0.1, 0.15) is 5.75 Å².